The minimum atomic E-state index is -0.184. The molecule has 0 spiro atoms. The van der Waals surface area contributed by atoms with E-state index in [0.717, 1.165) is 73.1 Å². The Hall–Kier alpha value is -6.02. The molecule has 0 amide bonds. The highest BCUT2D eigenvalue weighted by atomic mass is 16.5. The van der Waals surface area contributed by atoms with Gasteiger partial charge in [0.2, 0.25) is 5.88 Å². The first kappa shape index (κ1) is 31.0. The molecule has 0 unspecified atom stereocenters. The van der Waals surface area contributed by atoms with Crippen LogP contribution in [0.25, 0.3) is 28.1 Å². The van der Waals surface area contributed by atoms with Gasteiger partial charge in [0.25, 0.3) is 6.71 Å². The van der Waals surface area contributed by atoms with Crippen LogP contribution in [-0.4, -0.2) is 28.4 Å². The Morgan fingerprint density at radius 3 is 2.14 bits per heavy atom. The number of methoxy groups -OCH3 is 1. The minimum Gasteiger partial charge on any atom is -0.497 e. The molecule has 0 aliphatic carbocycles. The SMILES string of the molecule is COc1ccnc(Oc2ccc3c(c2)B2c4cc(-c5nc6ccccc6n5-c5c(C)cccc5C)ccc4Oc4cc(C(C)(C)C)cc(c42)O3)c1. The summed E-state index contributed by atoms with van der Waals surface area (Å²) >= 11 is 0. The van der Waals surface area contributed by atoms with Gasteiger partial charge in [-0.05, 0) is 108 Å². The first-order valence-electron chi connectivity index (χ1n) is 17.2. The molecule has 9 rings (SSSR count). The molecule has 0 radical (unpaired) electrons. The number of benzene rings is 5. The molecule has 7 aromatic rings. The molecule has 0 saturated heterocycles. The lowest BCUT2D eigenvalue weighted by molar-refractivity contribution is 0.405. The molecule has 0 saturated carbocycles. The molecule has 250 valence electrons. The molecule has 0 atom stereocenters. The van der Waals surface area contributed by atoms with E-state index in [1.165, 1.54) is 11.1 Å². The van der Waals surface area contributed by atoms with Crippen LogP contribution in [0.4, 0.5) is 0 Å². The Labute approximate surface area is 297 Å². The number of rotatable bonds is 5. The third kappa shape index (κ3) is 5.13. The van der Waals surface area contributed by atoms with E-state index in [9.17, 15) is 0 Å². The number of pyridine rings is 1. The fourth-order valence-electron chi connectivity index (χ4n) is 7.42. The summed E-state index contributed by atoms with van der Waals surface area (Å²) in [5.74, 6) is 5.82. The third-order valence-electron chi connectivity index (χ3n) is 9.96. The smallest absolute Gasteiger partial charge is 0.260 e. The van der Waals surface area contributed by atoms with Crippen LogP contribution in [0.1, 0.15) is 37.5 Å². The van der Waals surface area contributed by atoms with E-state index in [4.69, 9.17) is 23.9 Å². The fourth-order valence-corrected chi connectivity index (χ4v) is 7.42. The molecule has 5 aromatic carbocycles. The Bertz CT molecular complexity index is 2500. The van der Waals surface area contributed by atoms with E-state index in [1.807, 2.05) is 18.2 Å². The molecule has 4 heterocycles. The van der Waals surface area contributed by atoms with Gasteiger partial charge in [-0.25, -0.2) is 9.97 Å². The van der Waals surface area contributed by atoms with Crippen LogP contribution >= 0.6 is 0 Å². The molecule has 2 aliphatic heterocycles. The molecule has 2 aromatic heterocycles. The number of imidazole rings is 1. The Kier molecular flexibility index (Phi) is 7.00. The summed E-state index contributed by atoms with van der Waals surface area (Å²) in [7, 11) is 1.63. The van der Waals surface area contributed by atoms with Gasteiger partial charge in [-0.15, -0.1) is 0 Å². The van der Waals surface area contributed by atoms with Crippen molar-refractivity contribution >= 4 is 34.1 Å². The van der Waals surface area contributed by atoms with E-state index in [0.29, 0.717) is 17.4 Å². The van der Waals surface area contributed by atoms with Crippen LogP contribution in [-0.2, 0) is 5.41 Å². The summed E-state index contributed by atoms with van der Waals surface area (Å²) in [6.07, 6.45) is 1.67. The predicted molar refractivity (Wildman–Crippen MR) is 203 cm³/mol. The van der Waals surface area contributed by atoms with E-state index in [-0.39, 0.29) is 12.1 Å². The lowest BCUT2D eigenvalue weighted by Gasteiger charge is -2.35. The Balaban J connectivity index is 1.25. The number of aromatic nitrogens is 3. The van der Waals surface area contributed by atoms with Crippen molar-refractivity contribution in [2.24, 2.45) is 0 Å². The van der Waals surface area contributed by atoms with Gasteiger partial charge in [0.15, 0.2) is 0 Å². The molecule has 0 N–H and O–H groups in total. The average Bonchev–Trinajstić information content (AvgIpc) is 3.50. The zero-order chi connectivity index (χ0) is 35.0. The van der Waals surface area contributed by atoms with E-state index in [2.05, 4.69) is 117 Å². The third-order valence-corrected chi connectivity index (χ3v) is 9.96. The summed E-state index contributed by atoms with van der Waals surface area (Å²) in [5.41, 5.74) is 10.6. The molecule has 2 aliphatic rings. The minimum absolute atomic E-state index is 0.105. The fraction of sp³-hybridized carbons (Fsp3) is 0.163. The van der Waals surface area contributed by atoms with Crippen molar-refractivity contribution < 1.29 is 18.9 Å². The first-order chi connectivity index (χ1) is 24.7. The van der Waals surface area contributed by atoms with Crippen LogP contribution in [0, 0.1) is 13.8 Å². The average molecular weight is 670 g/mol. The predicted octanol–water partition coefficient (Wildman–Crippen LogP) is 8.53. The van der Waals surface area contributed by atoms with Gasteiger partial charge in [-0.2, -0.15) is 0 Å². The van der Waals surface area contributed by atoms with Gasteiger partial charge in [0.1, 0.15) is 40.3 Å². The number of fused-ring (bicyclic) bond motifs is 5. The maximum absolute atomic E-state index is 6.77. The van der Waals surface area contributed by atoms with Gasteiger partial charge in [0, 0.05) is 23.3 Å². The second kappa shape index (κ2) is 11.5. The maximum Gasteiger partial charge on any atom is 0.260 e. The lowest BCUT2D eigenvalue weighted by atomic mass is 9.34. The monoisotopic (exact) mass is 669 g/mol. The summed E-state index contributed by atoms with van der Waals surface area (Å²) in [6.45, 7) is 10.7. The normalized spacial score (nSPS) is 12.8. The quantitative estimate of drug-likeness (QED) is 0.171. The van der Waals surface area contributed by atoms with Crippen molar-refractivity contribution in [3.05, 3.63) is 126 Å². The molecule has 51 heavy (non-hydrogen) atoms. The number of hydrogen-bond acceptors (Lipinski definition) is 6. The highest BCUT2D eigenvalue weighted by Crippen LogP contribution is 2.40. The largest absolute Gasteiger partial charge is 0.497 e. The van der Waals surface area contributed by atoms with Crippen molar-refractivity contribution in [3.63, 3.8) is 0 Å². The number of hydrogen-bond donors (Lipinski definition) is 0. The van der Waals surface area contributed by atoms with Crippen molar-refractivity contribution in [1.82, 2.24) is 14.5 Å². The van der Waals surface area contributed by atoms with E-state index >= 15 is 0 Å². The Morgan fingerprint density at radius 1 is 0.706 bits per heavy atom. The lowest BCUT2D eigenvalue weighted by Crippen LogP contribution is -2.57. The topological polar surface area (TPSA) is 67.6 Å². The van der Waals surface area contributed by atoms with Gasteiger partial charge in [-0.3, -0.25) is 4.57 Å². The van der Waals surface area contributed by atoms with Crippen LogP contribution in [0.5, 0.6) is 40.4 Å². The highest BCUT2D eigenvalue weighted by Gasteiger charge is 2.41. The van der Waals surface area contributed by atoms with Crippen LogP contribution in [0.2, 0.25) is 0 Å². The first-order valence-corrected chi connectivity index (χ1v) is 17.2. The van der Waals surface area contributed by atoms with Gasteiger partial charge < -0.3 is 18.9 Å². The standard InChI is InChI=1S/C43H36BN3O4/c1-25-10-9-11-26(2)41(25)47-34-13-8-7-12-33(34)46-42(47)27-14-16-35-31(20-27)44-32-23-30(49-39-24-29(48-6)18-19-45-39)15-17-36(32)51-38-22-28(43(3,4)5)21-37(50-35)40(38)44/h7-24H,1-6H3. The Morgan fingerprint density at radius 2 is 1.41 bits per heavy atom. The van der Waals surface area contributed by atoms with Crippen molar-refractivity contribution in [2.75, 3.05) is 7.11 Å². The summed E-state index contributed by atoms with van der Waals surface area (Å²) in [5, 5.41) is 0. The van der Waals surface area contributed by atoms with Crippen LogP contribution in [0.15, 0.2) is 109 Å². The molecular formula is C43H36BN3O4. The second-order valence-corrected chi connectivity index (χ2v) is 14.4. The van der Waals surface area contributed by atoms with E-state index < -0.39 is 0 Å². The van der Waals surface area contributed by atoms with Crippen molar-refractivity contribution in [3.8, 4) is 57.5 Å². The molecule has 8 heteroatoms. The maximum atomic E-state index is 6.77. The van der Waals surface area contributed by atoms with Gasteiger partial charge in [-0.1, -0.05) is 57.2 Å². The van der Waals surface area contributed by atoms with Gasteiger partial charge >= 0.3 is 0 Å². The van der Waals surface area contributed by atoms with Crippen molar-refractivity contribution in [2.45, 2.75) is 40.0 Å². The summed E-state index contributed by atoms with van der Waals surface area (Å²) in [4.78, 5) is 9.65. The van der Waals surface area contributed by atoms with E-state index in [1.54, 1.807) is 25.4 Å². The molecule has 0 fully saturated rings. The van der Waals surface area contributed by atoms with Crippen LogP contribution in [0.3, 0.4) is 0 Å². The molecular weight excluding hydrogens is 633 g/mol. The zero-order valence-corrected chi connectivity index (χ0v) is 29.4. The summed E-state index contributed by atoms with van der Waals surface area (Å²) in [6, 6.07) is 35.1. The zero-order valence-electron chi connectivity index (χ0n) is 29.4. The second-order valence-electron chi connectivity index (χ2n) is 14.4. The summed E-state index contributed by atoms with van der Waals surface area (Å²) < 4.78 is 27.4. The number of ether oxygens (including phenoxy) is 4. The molecule has 0 bridgehead atoms. The number of nitrogens with zero attached hydrogens (tertiary/aromatic N) is 3. The number of para-hydroxylation sites is 3. The molecule has 7 nitrogen and oxygen atoms in total. The van der Waals surface area contributed by atoms with Crippen molar-refractivity contribution in [1.29, 1.82) is 0 Å². The highest BCUT2D eigenvalue weighted by molar-refractivity contribution is 6.98. The van der Waals surface area contributed by atoms with Gasteiger partial charge in [0.05, 0.1) is 23.8 Å². The number of aryl methyl sites for hydroxylation is 2. The van der Waals surface area contributed by atoms with Crippen LogP contribution < -0.4 is 35.3 Å².